The molecule has 0 spiro atoms. The fraction of sp³-hybridized carbons (Fsp3) is 1.00. The third-order valence-corrected chi connectivity index (χ3v) is 1.29. The molecule has 1 atom stereocenters. The molecule has 3 heteroatoms. The van der Waals surface area contributed by atoms with Crippen molar-refractivity contribution < 1.29 is 10.2 Å². The second-order valence-corrected chi connectivity index (χ2v) is 2.20. The van der Waals surface area contributed by atoms with Crippen LogP contribution in [0.4, 0.5) is 0 Å². The Morgan fingerprint density at radius 3 is 2.43 bits per heavy atom. The van der Waals surface area contributed by atoms with Crippen LogP contribution in [0.5, 0.6) is 0 Å². The van der Waals surface area contributed by atoms with Crippen molar-refractivity contribution in [2.45, 2.75) is 6.10 Å². The monoisotopic (exact) mass is 122 g/mol. The summed E-state index contributed by atoms with van der Waals surface area (Å²) >= 11 is 1.52. The molecule has 0 rings (SSSR count). The Balaban J connectivity index is 2.83. The van der Waals surface area contributed by atoms with E-state index in [0.717, 1.165) is 0 Å². The summed E-state index contributed by atoms with van der Waals surface area (Å²) in [6, 6.07) is 0. The number of thioether (sulfide) groups is 1. The Kier molecular flexibility index (Phi) is 4.60. The van der Waals surface area contributed by atoms with E-state index in [1.165, 1.54) is 11.8 Å². The molecule has 2 N–H and O–H groups in total. The van der Waals surface area contributed by atoms with Crippen molar-refractivity contribution in [1.82, 2.24) is 0 Å². The Morgan fingerprint density at radius 1 is 1.71 bits per heavy atom. The summed E-state index contributed by atoms with van der Waals surface area (Å²) < 4.78 is 0. The molecule has 0 radical (unpaired) electrons. The second-order valence-electron chi connectivity index (χ2n) is 1.29. The molecule has 0 aromatic carbocycles. The first-order chi connectivity index (χ1) is 3.31. The summed E-state index contributed by atoms with van der Waals surface area (Å²) in [7, 11) is 0. The first-order valence-electron chi connectivity index (χ1n) is 2.09. The molecule has 0 aliphatic heterocycles. The molecule has 0 aromatic heterocycles. The lowest BCUT2D eigenvalue weighted by Gasteiger charge is -2.00. The van der Waals surface area contributed by atoms with E-state index >= 15 is 0 Å². The van der Waals surface area contributed by atoms with E-state index in [4.69, 9.17) is 10.2 Å². The largest absolute Gasteiger partial charge is 0.394 e. The zero-order chi connectivity index (χ0) is 5.70. The molecule has 2 nitrogen and oxygen atoms in total. The van der Waals surface area contributed by atoms with Gasteiger partial charge in [0, 0.05) is 5.75 Å². The average molecular weight is 122 g/mol. The fourth-order valence-electron chi connectivity index (χ4n) is 0.245. The highest BCUT2D eigenvalue weighted by molar-refractivity contribution is 7.98. The smallest absolute Gasteiger partial charge is 0.0860 e. The van der Waals surface area contributed by atoms with Gasteiger partial charge in [-0.2, -0.15) is 11.8 Å². The average Bonchev–Trinajstić information content (AvgIpc) is 1.68. The summed E-state index contributed by atoms with van der Waals surface area (Å²) in [6.07, 6.45) is 1.36. The van der Waals surface area contributed by atoms with Crippen molar-refractivity contribution in [2.24, 2.45) is 0 Å². The van der Waals surface area contributed by atoms with Crippen molar-refractivity contribution in [2.75, 3.05) is 18.6 Å². The second kappa shape index (κ2) is 4.43. The molecule has 0 heterocycles. The molecule has 0 amide bonds. The fourth-order valence-corrected chi connectivity index (χ4v) is 0.735. The van der Waals surface area contributed by atoms with E-state index in [9.17, 15) is 0 Å². The van der Waals surface area contributed by atoms with Crippen LogP contribution in [-0.4, -0.2) is 34.9 Å². The topological polar surface area (TPSA) is 40.5 Å². The van der Waals surface area contributed by atoms with Gasteiger partial charge in [0.1, 0.15) is 0 Å². The van der Waals surface area contributed by atoms with Gasteiger partial charge in [-0.05, 0) is 6.26 Å². The standard InChI is InChI=1S/C4H10O2S/c1-7-3-4(6)2-5/h4-6H,2-3H2,1H3. The predicted molar refractivity (Wildman–Crippen MR) is 31.5 cm³/mol. The van der Waals surface area contributed by atoms with Crippen LogP contribution in [0.1, 0.15) is 0 Å². The quantitative estimate of drug-likeness (QED) is 0.540. The van der Waals surface area contributed by atoms with Gasteiger partial charge in [0.15, 0.2) is 0 Å². The zero-order valence-corrected chi connectivity index (χ0v) is 5.11. The number of aliphatic hydroxyl groups is 2. The third-order valence-electron chi connectivity index (χ3n) is 0.570. The summed E-state index contributed by atoms with van der Waals surface area (Å²) in [5, 5.41) is 16.8. The highest BCUT2D eigenvalue weighted by atomic mass is 32.2. The number of hydrogen-bond donors (Lipinski definition) is 2. The van der Waals surface area contributed by atoms with Gasteiger partial charge < -0.3 is 10.2 Å². The van der Waals surface area contributed by atoms with Crippen molar-refractivity contribution in [1.29, 1.82) is 0 Å². The summed E-state index contributed by atoms with van der Waals surface area (Å²) in [5.41, 5.74) is 0. The van der Waals surface area contributed by atoms with Crippen LogP contribution in [0.15, 0.2) is 0 Å². The van der Waals surface area contributed by atoms with E-state index in [0.29, 0.717) is 5.75 Å². The minimum absolute atomic E-state index is 0.124. The maximum absolute atomic E-state index is 8.59. The molecule has 0 aromatic rings. The van der Waals surface area contributed by atoms with Crippen LogP contribution < -0.4 is 0 Å². The van der Waals surface area contributed by atoms with Gasteiger partial charge in [-0.1, -0.05) is 0 Å². The summed E-state index contributed by atoms with van der Waals surface area (Å²) in [4.78, 5) is 0. The minimum atomic E-state index is -0.532. The molecule has 0 aliphatic rings. The van der Waals surface area contributed by atoms with Crippen molar-refractivity contribution in [3.8, 4) is 0 Å². The lowest BCUT2D eigenvalue weighted by molar-refractivity contribution is 0.113. The van der Waals surface area contributed by atoms with E-state index in [-0.39, 0.29) is 6.61 Å². The number of hydrogen-bond acceptors (Lipinski definition) is 3. The van der Waals surface area contributed by atoms with Gasteiger partial charge in [0.2, 0.25) is 0 Å². The minimum Gasteiger partial charge on any atom is -0.394 e. The summed E-state index contributed by atoms with van der Waals surface area (Å²) in [6.45, 7) is -0.124. The van der Waals surface area contributed by atoms with Crippen LogP contribution in [0, 0.1) is 0 Å². The Hall–Kier alpha value is 0.270. The summed E-state index contributed by atoms with van der Waals surface area (Å²) in [5.74, 6) is 0.622. The van der Waals surface area contributed by atoms with E-state index in [1.807, 2.05) is 6.26 Å². The molecule has 0 saturated carbocycles. The van der Waals surface area contributed by atoms with Crippen molar-refractivity contribution in [3.05, 3.63) is 0 Å². The normalized spacial score (nSPS) is 14.1. The van der Waals surface area contributed by atoms with Crippen LogP contribution >= 0.6 is 11.8 Å². The van der Waals surface area contributed by atoms with Gasteiger partial charge in [0.05, 0.1) is 12.7 Å². The van der Waals surface area contributed by atoms with Gasteiger partial charge in [-0.15, -0.1) is 0 Å². The Bertz CT molecular complexity index is 40.7. The Morgan fingerprint density at radius 2 is 2.29 bits per heavy atom. The molecule has 44 valence electrons. The number of aliphatic hydroxyl groups excluding tert-OH is 2. The maximum atomic E-state index is 8.59. The first kappa shape index (κ1) is 7.27. The maximum Gasteiger partial charge on any atom is 0.0860 e. The highest BCUT2D eigenvalue weighted by Gasteiger charge is 1.96. The molecule has 0 bridgehead atoms. The van der Waals surface area contributed by atoms with Gasteiger partial charge >= 0.3 is 0 Å². The van der Waals surface area contributed by atoms with Gasteiger partial charge in [-0.25, -0.2) is 0 Å². The molecule has 0 saturated heterocycles. The molecule has 0 aliphatic carbocycles. The Labute approximate surface area is 47.5 Å². The van der Waals surface area contributed by atoms with E-state index < -0.39 is 6.10 Å². The van der Waals surface area contributed by atoms with Crippen LogP contribution in [0.2, 0.25) is 0 Å². The van der Waals surface area contributed by atoms with Crippen molar-refractivity contribution in [3.63, 3.8) is 0 Å². The van der Waals surface area contributed by atoms with Gasteiger partial charge in [-0.3, -0.25) is 0 Å². The van der Waals surface area contributed by atoms with Gasteiger partial charge in [0.25, 0.3) is 0 Å². The molecular weight excluding hydrogens is 112 g/mol. The van der Waals surface area contributed by atoms with Crippen LogP contribution in [0.3, 0.4) is 0 Å². The highest BCUT2D eigenvalue weighted by Crippen LogP contribution is 1.94. The molecular formula is C4H10O2S. The third kappa shape index (κ3) is 4.12. The SMILES string of the molecule is CSCC(O)CO. The molecule has 1 unspecified atom stereocenters. The lowest BCUT2D eigenvalue weighted by Crippen LogP contribution is -2.14. The first-order valence-corrected chi connectivity index (χ1v) is 3.48. The van der Waals surface area contributed by atoms with Crippen LogP contribution in [-0.2, 0) is 0 Å². The number of rotatable bonds is 3. The lowest BCUT2D eigenvalue weighted by atomic mass is 10.4. The molecule has 0 fully saturated rings. The predicted octanol–water partition coefficient (Wildman–Crippen LogP) is -0.297. The van der Waals surface area contributed by atoms with Crippen molar-refractivity contribution >= 4 is 11.8 Å². The van der Waals surface area contributed by atoms with Crippen LogP contribution in [0.25, 0.3) is 0 Å². The zero-order valence-electron chi connectivity index (χ0n) is 4.29. The van der Waals surface area contributed by atoms with E-state index in [1.54, 1.807) is 0 Å². The molecule has 7 heavy (non-hydrogen) atoms. The van der Waals surface area contributed by atoms with E-state index in [2.05, 4.69) is 0 Å².